The smallest absolute Gasteiger partial charge is 0.0899 e. The largest absolute Gasteiger partial charge is 0.392 e. The number of hydrogen-bond donors (Lipinski definition) is 1. The maximum Gasteiger partial charge on any atom is 0.0899 e. The van der Waals surface area contributed by atoms with Gasteiger partial charge in [0.15, 0.2) is 0 Å². The van der Waals surface area contributed by atoms with Crippen LogP contribution in [0.2, 0.25) is 0 Å². The molecule has 1 aliphatic heterocycles. The number of nitrogens with zero attached hydrogens (tertiary/aromatic N) is 1. The van der Waals surface area contributed by atoms with Crippen LogP contribution in [0.4, 0.5) is 0 Å². The first-order valence-electron chi connectivity index (χ1n) is 5.10. The molecule has 0 aliphatic carbocycles. The molecule has 0 aromatic heterocycles. The van der Waals surface area contributed by atoms with Crippen molar-refractivity contribution >= 4 is 17.2 Å². The summed E-state index contributed by atoms with van der Waals surface area (Å²) in [4.78, 5) is 2.87. The van der Waals surface area contributed by atoms with Gasteiger partial charge in [-0.3, -0.25) is 4.90 Å². The lowest BCUT2D eigenvalue weighted by Crippen LogP contribution is -2.47. The molecule has 0 radical (unpaired) electrons. The molecule has 0 saturated carbocycles. The van der Waals surface area contributed by atoms with Crippen LogP contribution in [0.25, 0.3) is 0 Å². The molecular weight excluding hydrogens is 196 g/mol. The van der Waals surface area contributed by atoms with Crippen molar-refractivity contribution in [2.24, 2.45) is 5.73 Å². The Kier molecular flexibility index (Phi) is 3.86. The van der Waals surface area contributed by atoms with E-state index in [0.29, 0.717) is 4.99 Å². The summed E-state index contributed by atoms with van der Waals surface area (Å²) in [6, 6.07) is 0.172. The van der Waals surface area contributed by atoms with Gasteiger partial charge in [0.25, 0.3) is 0 Å². The van der Waals surface area contributed by atoms with Crippen molar-refractivity contribution in [2.45, 2.75) is 38.8 Å². The Hall–Kier alpha value is -0.190. The van der Waals surface area contributed by atoms with Gasteiger partial charge >= 0.3 is 0 Å². The van der Waals surface area contributed by atoms with Crippen molar-refractivity contribution in [3.05, 3.63) is 0 Å². The van der Waals surface area contributed by atoms with Gasteiger partial charge in [0.1, 0.15) is 0 Å². The molecule has 1 unspecified atom stereocenters. The van der Waals surface area contributed by atoms with Crippen molar-refractivity contribution < 1.29 is 4.74 Å². The fourth-order valence-electron chi connectivity index (χ4n) is 1.74. The van der Waals surface area contributed by atoms with Gasteiger partial charge in [-0.25, -0.2) is 0 Å². The highest BCUT2D eigenvalue weighted by molar-refractivity contribution is 7.80. The van der Waals surface area contributed by atoms with E-state index in [1.165, 1.54) is 0 Å². The molecule has 14 heavy (non-hydrogen) atoms. The standard InChI is InChI=1S/C10H20N2OS/c1-8(9(11)14)12-5-4-6-13-10(2,3)7-12/h8H,4-7H2,1-3H3,(H2,11,14). The monoisotopic (exact) mass is 216 g/mol. The Balaban J connectivity index is 2.64. The summed E-state index contributed by atoms with van der Waals surface area (Å²) in [5.41, 5.74) is 5.57. The highest BCUT2D eigenvalue weighted by Gasteiger charge is 2.28. The molecule has 1 rings (SSSR count). The highest BCUT2D eigenvalue weighted by Crippen LogP contribution is 2.18. The van der Waals surface area contributed by atoms with Gasteiger partial charge in [0.2, 0.25) is 0 Å². The second kappa shape index (κ2) is 4.55. The second-order valence-electron chi connectivity index (χ2n) is 4.51. The maximum atomic E-state index is 5.72. The first-order chi connectivity index (χ1) is 6.42. The number of hydrogen-bond acceptors (Lipinski definition) is 3. The topological polar surface area (TPSA) is 38.5 Å². The minimum atomic E-state index is -0.0878. The Bertz CT molecular complexity index is 218. The first-order valence-corrected chi connectivity index (χ1v) is 5.50. The molecule has 3 nitrogen and oxygen atoms in total. The zero-order valence-corrected chi connectivity index (χ0v) is 10.1. The molecule has 0 amide bonds. The van der Waals surface area contributed by atoms with E-state index in [2.05, 4.69) is 25.7 Å². The van der Waals surface area contributed by atoms with Crippen molar-refractivity contribution in [1.29, 1.82) is 0 Å². The van der Waals surface area contributed by atoms with Gasteiger partial charge < -0.3 is 10.5 Å². The molecule has 2 N–H and O–H groups in total. The zero-order valence-electron chi connectivity index (χ0n) is 9.25. The summed E-state index contributed by atoms with van der Waals surface area (Å²) in [6.07, 6.45) is 1.05. The highest BCUT2D eigenvalue weighted by atomic mass is 32.1. The average Bonchev–Trinajstić information content (AvgIpc) is 2.24. The van der Waals surface area contributed by atoms with Crippen LogP contribution in [-0.4, -0.2) is 41.2 Å². The second-order valence-corrected chi connectivity index (χ2v) is 4.98. The van der Waals surface area contributed by atoms with E-state index < -0.39 is 0 Å². The van der Waals surface area contributed by atoms with E-state index in [4.69, 9.17) is 22.7 Å². The number of ether oxygens (including phenoxy) is 1. The van der Waals surface area contributed by atoms with Crippen LogP contribution in [0.1, 0.15) is 27.2 Å². The molecule has 82 valence electrons. The molecule has 1 saturated heterocycles. The summed E-state index contributed by atoms with van der Waals surface area (Å²) in [5.74, 6) is 0. The van der Waals surface area contributed by atoms with Crippen LogP contribution in [0, 0.1) is 0 Å². The van der Waals surface area contributed by atoms with E-state index in [-0.39, 0.29) is 11.6 Å². The average molecular weight is 216 g/mol. The van der Waals surface area contributed by atoms with Gasteiger partial charge in [0, 0.05) is 19.7 Å². The Morgan fingerprint density at radius 3 is 2.79 bits per heavy atom. The van der Waals surface area contributed by atoms with Gasteiger partial charge in [-0.15, -0.1) is 0 Å². The van der Waals surface area contributed by atoms with Gasteiger partial charge in [-0.2, -0.15) is 0 Å². The lowest BCUT2D eigenvalue weighted by Gasteiger charge is -2.32. The van der Waals surface area contributed by atoms with Crippen LogP contribution in [0.5, 0.6) is 0 Å². The third-order valence-corrected chi connectivity index (χ3v) is 2.97. The zero-order chi connectivity index (χ0) is 10.8. The SMILES string of the molecule is CC(C(N)=S)N1CCCOC(C)(C)C1. The van der Waals surface area contributed by atoms with Crippen molar-refractivity contribution in [2.75, 3.05) is 19.7 Å². The van der Waals surface area contributed by atoms with E-state index in [1.807, 2.05) is 0 Å². The number of nitrogens with two attached hydrogens (primary N) is 1. The minimum absolute atomic E-state index is 0.0878. The van der Waals surface area contributed by atoms with E-state index in [9.17, 15) is 0 Å². The predicted octanol–water partition coefficient (Wildman–Crippen LogP) is 1.16. The third-order valence-electron chi connectivity index (χ3n) is 2.63. The molecular formula is C10H20N2OS. The summed E-state index contributed by atoms with van der Waals surface area (Å²) in [5, 5.41) is 0. The third kappa shape index (κ3) is 3.19. The minimum Gasteiger partial charge on any atom is -0.392 e. The molecule has 0 bridgehead atoms. The fourth-order valence-corrected chi connectivity index (χ4v) is 1.89. The van der Waals surface area contributed by atoms with E-state index >= 15 is 0 Å². The molecule has 1 fully saturated rings. The lowest BCUT2D eigenvalue weighted by atomic mass is 10.1. The van der Waals surface area contributed by atoms with Crippen LogP contribution in [0.3, 0.4) is 0 Å². The quantitative estimate of drug-likeness (QED) is 0.703. The van der Waals surface area contributed by atoms with Crippen LogP contribution in [0.15, 0.2) is 0 Å². The summed E-state index contributed by atoms with van der Waals surface area (Å²) >= 11 is 5.01. The van der Waals surface area contributed by atoms with Crippen LogP contribution >= 0.6 is 12.2 Å². The van der Waals surface area contributed by atoms with Crippen LogP contribution in [-0.2, 0) is 4.74 Å². The predicted molar refractivity (Wildman–Crippen MR) is 62.5 cm³/mol. The lowest BCUT2D eigenvalue weighted by molar-refractivity contribution is -0.0185. The van der Waals surface area contributed by atoms with Gasteiger partial charge in [-0.1, -0.05) is 12.2 Å². The van der Waals surface area contributed by atoms with E-state index in [1.54, 1.807) is 0 Å². The van der Waals surface area contributed by atoms with Crippen LogP contribution < -0.4 is 5.73 Å². The molecule has 1 heterocycles. The van der Waals surface area contributed by atoms with Crippen molar-refractivity contribution in [3.63, 3.8) is 0 Å². The van der Waals surface area contributed by atoms with Gasteiger partial charge in [-0.05, 0) is 27.2 Å². The normalized spacial score (nSPS) is 25.4. The fraction of sp³-hybridized carbons (Fsp3) is 0.900. The Morgan fingerprint density at radius 1 is 1.57 bits per heavy atom. The molecule has 4 heteroatoms. The Labute approximate surface area is 91.6 Å². The number of thiocarbonyl (C=S) groups is 1. The van der Waals surface area contributed by atoms with Crippen molar-refractivity contribution in [3.8, 4) is 0 Å². The summed E-state index contributed by atoms with van der Waals surface area (Å²) in [7, 11) is 0. The first kappa shape index (κ1) is 11.9. The van der Waals surface area contributed by atoms with Crippen molar-refractivity contribution in [1.82, 2.24) is 4.90 Å². The molecule has 0 aromatic carbocycles. The summed E-state index contributed by atoms with van der Waals surface area (Å²) in [6.45, 7) is 9.01. The maximum absolute atomic E-state index is 5.72. The molecule has 0 spiro atoms. The Morgan fingerprint density at radius 2 is 2.21 bits per heavy atom. The summed E-state index contributed by atoms with van der Waals surface area (Å²) < 4.78 is 5.72. The molecule has 1 aliphatic rings. The molecule has 1 atom stereocenters. The van der Waals surface area contributed by atoms with Gasteiger partial charge in [0.05, 0.1) is 16.6 Å². The molecule has 0 aromatic rings. The number of rotatable bonds is 2. The van der Waals surface area contributed by atoms with E-state index in [0.717, 1.165) is 26.1 Å².